The van der Waals surface area contributed by atoms with E-state index < -0.39 is 0 Å². The third kappa shape index (κ3) is 3.53. The zero-order chi connectivity index (χ0) is 21.3. The van der Waals surface area contributed by atoms with Crippen molar-refractivity contribution < 1.29 is 19.1 Å². The van der Waals surface area contributed by atoms with Crippen LogP contribution >= 0.6 is 11.6 Å². The molecule has 1 N–H and O–H groups in total. The van der Waals surface area contributed by atoms with Gasteiger partial charge in [0, 0.05) is 11.3 Å². The van der Waals surface area contributed by atoms with Gasteiger partial charge in [0.25, 0.3) is 17.7 Å². The molecular weight excluding hydrogens is 404 g/mol. The van der Waals surface area contributed by atoms with Crippen LogP contribution in [-0.4, -0.2) is 24.3 Å². The molecule has 0 unspecified atom stereocenters. The summed E-state index contributed by atoms with van der Waals surface area (Å²) in [6.07, 6.45) is 0. The maximum Gasteiger partial charge on any atom is 0.266 e. The van der Waals surface area contributed by atoms with E-state index in [0.29, 0.717) is 45.4 Å². The van der Waals surface area contributed by atoms with E-state index >= 15 is 0 Å². The van der Waals surface area contributed by atoms with E-state index in [0.717, 1.165) is 4.90 Å². The van der Waals surface area contributed by atoms with Crippen LogP contribution in [0.1, 0.15) is 38.0 Å². The molecule has 0 spiro atoms. The Labute approximate surface area is 178 Å². The highest BCUT2D eigenvalue weighted by Crippen LogP contribution is 2.29. The summed E-state index contributed by atoms with van der Waals surface area (Å²) in [5.41, 5.74) is 2.10. The van der Waals surface area contributed by atoms with Gasteiger partial charge in [0.2, 0.25) is 0 Å². The van der Waals surface area contributed by atoms with Crippen LogP contribution in [0, 0.1) is 0 Å². The fraction of sp³-hybridized carbons (Fsp3) is 0.0870. The molecule has 0 aliphatic carbocycles. The van der Waals surface area contributed by atoms with Gasteiger partial charge in [-0.2, -0.15) is 0 Å². The van der Waals surface area contributed by atoms with Crippen LogP contribution in [0.2, 0.25) is 5.02 Å². The van der Waals surface area contributed by atoms with Gasteiger partial charge < -0.3 is 10.1 Å². The Hall–Kier alpha value is -3.64. The second kappa shape index (κ2) is 8.00. The van der Waals surface area contributed by atoms with E-state index in [4.69, 9.17) is 16.3 Å². The third-order valence-corrected chi connectivity index (χ3v) is 4.97. The van der Waals surface area contributed by atoms with Crippen molar-refractivity contribution in [2.45, 2.75) is 6.92 Å². The number of amides is 3. The zero-order valence-corrected chi connectivity index (χ0v) is 16.8. The van der Waals surface area contributed by atoms with Gasteiger partial charge in [-0.25, -0.2) is 4.90 Å². The number of imide groups is 1. The monoisotopic (exact) mass is 420 g/mol. The quantitative estimate of drug-likeness (QED) is 0.602. The molecule has 3 aromatic rings. The van der Waals surface area contributed by atoms with Crippen LogP contribution in [0.15, 0.2) is 66.7 Å². The Morgan fingerprint density at radius 1 is 0.967 bits per heavy atom. The minimum Gasteiger partial charge on any atom is -0.492 e. The van der Waals surface area contributed by atoms with Gasteiger partial charge in [-0.15, -0.1) is 0 Å². The van der Waals surface area contributed by atoms with Crippen molar-refractivity contribution in [3.8, 4) is 5.75 Å². The van der Waals surface area contributed by atoms with Gasteiger partial charge in [-0.3, -0.25) is 14.4 Å². The number of halogens is 1. The summed E-state index contributed by atoms with van der Waals surface area (Å²) in [6, 6.07) is 18.0. The Morgan fingerprint density at radius 3 is 2.17 bits per heavy atom. The molecule has 4 rings (SSSR count). The van der Waals surface area contributed by atoms with Crippen molar-refractivity contribution in [1.29, 1.82) is 0 Å². The lowest BCUT2D eigenvalue weighted by molar-refractivity contribution is 0.0924. The molecule has 30 heavy (non-hydrogen) atoms. The first-order valence-electron chi connectivity index (χ1n) is 9.31. The molecule has 3 aromatic carbocycles. The van der Waals surface area contributed by atoms with Crippen molar-refractivity contribution in [3.63, 3.8) is 0 Å². The molecule has 7 heteroatoms. The first kappa shape index (κ1) is 19.7. The van der Waals surface area contributed by atoms with E-state index in [-0.39, 0.29) is 17.7 Å². The van der Waals surface area contributed by atoms with Crippen LogP contribution in [0.3, 0.4) is 0 Å². The molecule has 0 fully saturated rings. The second-order valence-corrected chi connectivity index (χ2v) is 6.98. The highest BCUT2D eigenvalue weighted by molar-refractivity contribution is 6.34. The van der Waals surface area contributed by atoms with Crippen LogP contribution in [-0.2, 0) is 0 Å². The molecule has 6 nitrogen and oxygen atoms in total. The van der Waals surface area contributed by atoms with Crippen molar-refractivity contribution in [3.05, 3.63) is 88.4 Å². The minimum absolute atomic E-state index is 0.339. The highest BCUT2D eigenvalue weighted by atomic mass is 35.5. The maximum atomic E-state index is 12.6. The van der Waals surface area contributed by atoms with Crippen LogP contribution in [0.4, 0.5) is 11.4 Å². The van der Waals surface area contributed by atoms with E-state index in [1.807, 2.05) is 6.92 Å². The number of hydrogen-bond donors (Lipinski definition) is 1. The molecule has 1 aliphatic heterocycles. The number of rotatable bonds is 5. The van der Waals surface area contributed by atoms with Crippen LogP contribution in [0.25, 0.3) is 0 Å². The number of nitrogens with zero attached hydrogens (tertiary/aromatic N) is 1. The van der Waals surface area contributed by atoms with E-state index in [2.05, 4.69) is 5.32 Å². The lowest BCUT2D eigenvalue weighted by Crippen LogP contribution is -2.29. The summed E-state index contributed by atoms with van der Waals surface area (Å²) in [7, 11) is 0. The number of benzene rings is 3. The molecule has 3 amide bonds. The third-order valence-electron chi connectivity index (χ3n) is 4.67. The van der Waals surface area contributed by atoms with Crippen molar-refractivity contribution >= 4 is 40.7 Å². The smallest absolute Gasteiger partial charge is 0.266 e. The molecule has 0 radical (unpaired) electrons. The first-order valence-corrected chi connectivity index (χ1v) is 9.69. The molecule has 0 atom stereocenters. The average molecular weight is 421 g/mol. The molecule has 0 saturated carbocycles. The van der Waals surface area contributed by atoms with Crippen molar-refractivity contribution in [2.75, 3.05) is 16.8 Å². The number of nitrogens with one attached hydrogen (secondary N) is 1. The lowest BCUT2D eigenvalue weighted by atomic mass is 10.1. The predicted octanol–water partition coefficient (Wildman–Crippen LogP) is 4.79. The average Bonchev–Trinajstić information content (AvgIpc) is 3.01. The fourth-order valence-corrected chi connectivity index (χ4v) is 3.47. The SMILES string of the molecule is CCOc1ccc(C(=O)Nc2ccc(N3C(=O)c4ccccc4C3=O)cc2)cc1Cl. The van der Waals surface area contributed by atoms with E-state index in [9.17, 15) is 14.4 Å². The molecule has 0 aromatic heterocycles. The molecule has 150 valence electrons. The van der Waals surface area contributed by atoms with E-state index in [1.54, 1.807) is 60.7 Å². The number of hydrogen-bond acceptors (Lipinski definition) is 4. The highest BCUT2D eigenvalue weighted by Gasteiger charge is 2.36. The topological polar surface area (TPSA) is 75.7 Å². The van der Waals surface area contributed by atoms with Gasteiger partial charge in [0.15, 0.2) is 0 Å². The summed E-state index contributed by atoms with van der Waals surface area (Å²) >= 11 is 6.14. The summed E-state index contributed by atoms with van der Waals surface area (Å²) in [5, 5.41) is 3.12. The molecule has 1 aliphatic rings. The summed E-state index contributed by atoms with van der Waals surface area (Å²) in [4.78, 5) is 38.8. The standard InChI is InChI=1S/C23H17ClN2O4/c1-2-30-20-12-7-14(13-19(20)24)21(27)25-15-8-10-16(11-9-15)26-22(28)17-5-3-4-6-18(17)23(26)29/h3-13H,2H2,1H3,(H,25,27). The Bertz CT molecular complexity index is 1120. The Morgan fingerprint density at radius 2 is 1.60 bits per heavy atom. The minimum atomic E-state index is -0.364. The van der Waals surface area contributed by atoms with Gasteiger partial charge in [0.1, 0.15) is 5.75 Å². The normalized spacial score (nSPS) is 12.7. The number of fused-ring (bicyclic) bond motifs is 1. The fourth-order valence-electron chi connectivity index (χ4n) is 3.24. The number of anilines is 2. The Kier molecular flexibility index (Phi) is 5.25. The summed E-state index contributed by atoms with van der Waals surface area (Å²) < 4.78 is 5.37. The van der Waals surface area contributed by atoms with Crippen LogP contribution in [0.5, 0.6) is 5.75 Å². The lowest BCUT2D eigenvalue weighted by Gasteiger charge is -2.14. The van der Waals surface area contributed by atoms with Crippen molar-refractivity contribution in [1.82, 2.24) is 0 Å². The summed E-state index contributed by atoms with van der Waals surface area (Å²) in [6.45, 7) is 2.33. The van der Waals surface area contributed by atoms with E-state index in [1.165, 1.54) is 6.07 Å². The van der Waals surface area contributed by atoms with Crippen molar-refractivity contribution in [2.24, 2.45) is 0 Å². The Balaban J connectivity index is 1.50. The number of ether oxygens (including phenoxy) is 1. The molecule has 0 saturated heterocycles. The van der Waals surface area contributed by atoms with Gasteiger partial charge in [0.05, 0.1) is 28.4 Å². The second-order valence-electron chi connectivity index (χ2n) is 6.57. The molecular formula is C23H17ClN2O4. The number of carbonyl (C=O) groups excluding carboxylic acids is 3. The molecule has 1 heterocycles. The number of carbonyl (C=O) groups is 3. The predicted molar refractivity (Wildman–Crippen MR) is 115 cm³/mol. The first-order chi connectivity index (χ1) is 14.5. The van der Waals surface area contributed by atoms with Gasteiger partial charge >= 0.3 is 0 Å². The maximum absolute atomic E-state index is 12.6. The van der Waals surface area contributed by atoms with Gasteiger partial charge in [-0.1, -0.05) is 23.7 Å². The zero-order valence-electron chi connectivity index (χ0n) is 16.0. The van der Waals surface area contributed by atoms with Gasteiger partial charge in [-0.05, 0) is 61.5 Å². The largest absolute Gasteiger partial charge is 0.492 e. The molecule has 0 bridgehead atoms. The van der Waals surface area contributed by atoms with Crippen LogP contribution < -0.4 is 15.0 Å². The summed E-state index contributed by atoms with van der Waals surface area (Å²) in [5.74, 6) is -0.553.